The van der Waals surface area contributed by atoms with Crippen LogP contribution in [0, 0.1) is 17.3 Å². The van der Waals surface area contributed by atoms with E-state index in [9.17, 15) is 4.79 Å². The van der Waals surface area contributed by atoms with Crippen molar-refractivity contribution in [2.24, 2.45) is 5.41 Å². The molecule has 0 aliphatic heterocycles. The van der Waals surface area contributed by atoms with Gasteiger partial charge in [0.25, 0.3) is 0 Å². The summed E-state index contributed by atoms with van der Waals surface area (Å²) < 4.78 is 0. The molecular formula is C16H23NO2S. The number of carbonyl (C=O) groups is 1. The van der Waals surface area contributed by atoms with Crippen molar-refractivity contribution >= 4 is 17.2 Å². The minimum Gasteiger partial charge on any atom is -0.395 e. The lowest BCUT2D eigenvalue weighted by atomic mass is 9.89. The van der Waals surface area contributed by atoms with E-state index >= 15 is 0 Å². The second-order valence-electron chi connectivity index (χ2n) is 5.48. The molecule has 0 fully saturated rings. The van der Waals surface area contributed by atoms with Gasteiger partial charge in [-0.1, -0.05) is 32.6 Å². The summed E-state index contributed by atoms with van der Waals surface area (Å²) in [5.74, 6) is 6.07. The number of hydrogen-bond acceptors (Lipinski definition) is 3. The summed E-state index contributed by atoms with van der Waals surface area (Å²) in [4.78, 5) is 15.2. The molecule has 0 spiro atoms. The minimum atomic E-state index is -0.310. The Kier molecular flexibility index (Phi) is 6.25. The van der Waals surface area contributed by atoms with Crippen molar-refractivity contribution in [1.29, 1.82) is 0 Å². The van der Waals surface area contributed by atoms with Crippen molar-refractivity contribution in [2.45, 2.75) is 40.2 Å². The van der Waals surface area contributed by atoms with Gasteiger partial charge >= 0.3 is 0 Å². The predicted molar refractivity (Wildman–Crippen MR) is 83.4 cm³/mol. The van der Waals surface area contributed by atoms with Gasteiger partial charge in [0.15, 0.2) is 0 Å². The summed E-state index contributed by atoms with van der Waals surface area (Å²) in [6.45, 7) is 6.70. The molecule has 0 saturated carbocycles. The second-order valence-corrected chi connectivity index (χ2v) is 6.47. The van der Waals surface area contributed by atoms with Gasteiger partial charge in [-0.15, -0.1) is 11.3 Å². The van der Waals surface area contributed by atoms with Gasteiger partial charge in [0.05, 0.1) is 13.2 Å². The molecule has 0 saturated heterocycles. The SMILES string of the molecule is CCC(C)(C)C(=O)N(C)Cc1cc(C#CCCO)cs1. The number of nitrogens with zero attached hydrogens (tertiary/aromatic N) is 1. The van der Waals surface area contributed by atoms with Gasteiger partial charge in [0.2, 0.25) is 5.91 Å². The fourth-order valence-corrected chi connectivity index (χ4v) is 2.59. The number of thiophene rings is 1. The summed E-state index contributed by atoms with van der Waals surface area (Å²) in [6, 6.07) is 2.01. The summed E-state index contributed by atoms with van der Waals surface area (Å²) in [7, 11) is 1.84. The molecule has 0 radical (unpaired) electrons. The van der Waals surface area contributed by atoms with E-state index in [0.29, 0.717) is 13.0 Å². The number of amides is 1. The topological polar surface area (TPSA) is 40.5 Å². The monoisotopic (exact) mass is 293 g/mol. The first-order chi connectivity index (χ1) is 9.40. The summed E-state index contributed by atoms with van der Waals surface area (Å²) in [5, 5.41) is 10.7. The Morgan fingerprint density at radius 1 is 1.50 bits per heavy atom. The number of hydrogen-bond donors (Lipinski definition) is 1. The highest BCUT2D eigenvalue weighted by Gasteiger charge is 2.28. The van der Waals surface area contributed by atoms with Crippen LogP contribution >= 0.6 is 11.3 Å². The van der Waals surface area contributed by atoms with Crippen LogP contribution in [0.1, 0.15) is 44.1 Å². The van der Waals surface area contributed by atoms with Gasteiger partial charge in [0, 0.05) is 34.7 Å². The number of carbonyl (C=O) groups excluding carboxylic acids is 1. The third-order valence-corrected chi connectivity index (χ3v) is 4.25. The van der Waals surface area contributed by atoms with E-state index in [2.05, 4.69) is 11.8 Å². The zero-order valence-corrected chi connectivity index (χ0v) is 13.5. The molecule has 0 unspecified atom stereocenters. The zero-order valence-electron chi connectivity index (χ0n) is 12.7. The summed E-state index contributed by atoms with van der Waals surface area (Å²) >= 11 is 1.61. The Morgan fingerprint density at radius 3 is 2.80 bits per heavy atom. The fourth-order valence-electron chi connectivity index (χ4n) is 1.72. The van der Waals surface area contributed by atoms with Crippen LogP contribution in [0.25, 0.3) is 0 Å². The number of aliphatic hydroxyl groups is 1. The van der Waals surface area contributed by atoms with E-state index < -0.39 is 0 Å². The van der Waals surface area contributed by atoms with E-state index in [4.69, 9.17) is 5.11 Å². The van der Waals surface area contributed by atoms with Crippen molar-refractivity contribution in [3.8, 4) is 11.8 Å². The predicted octanol–water partition coefficient (Wildman–Crippen LogP) is 2.88. The van der Waals surface area contributed by atoms with Crippen LogP contribution < -0.4 is 0 Å². The summed E-state index contributed by atoms with van der Waals surface area (Å²) in [5.41, 5.74) is 0.643. The average molecular weight is 293 g/mol. The molecule has 3 nitrogen and oxygen atoms in total. The molecular weight excluding hydrogens is 270 g/mol. The van der Waals surface area contributed by atoms with E-state index in [0.717, 1.165) is 16.9 Å². The fraction of sp³-hybridized carbons (Fsp3) is 0.562. The highest BCUT2D eigenvalue weighted by Crippen LogP contribution is 2.24. The number of rotatable bonds is 5. The Hall–Kier alpha value is -1.31. The molecule has 4 heteroatoms. The van der Waals surface area contributed by atoms with Crippen LogP contribution in [0.15, 0.2) is 11.4 Å². The summed E-state index contributed by atoms with van der Waals surface area (Å²) in [6.07, 6.45) is 1.33. The van der Waals surface area contributed by atoms with E-state index in [1.54, 1.807) is 16.2 Å². The van der Waals surface area contributed by atoms with Crippen molar-refractivity contribution < 1.29 is 9.90 Å². The van der Waals surface area contributed by atoms with Crippen molar-refractivity contribution in [1.82, 2.24) is 4.90 Å². The molecule has 1 N–H and O–H groups in total. The van der Waals surface area contributed by atoms with Crippen LogP contribution in [0.3, 0.4) is 0 Å². The normalized spacial score (nSPS) is 10.8. The molecule has 0 aromatic carbocycles. The van der Waals surface area contributed by atoms with Crippen LogP contribution in [-0.2, 0) is 11.3 Å². The third kappa shape index (κ3) is 4.66. The van der Waals surface area contributed by atoms with Crippen molar-refractivity contribution in [3.05, 3.63) is 21.9 Å². The van der Waals surface area contributed by atoms with Gasteiger partial charge in [-0.2, -0.15) is 0 Å². The average Bonchev–Trinajstić information content (AvgIpc) is 2.85. The largest absolute Gasteiger partial charge is 0.395 e. The van der Waals surface area contributed by atoms with Crippen molar-refractivity contribution in [3.63, 3.8) is 0 Å². The Bertz CT molecular complexity index is 508. The Morgan fingerprint density at radius 2 is 2.20 bits per heavy atom. The molecule has 0 aliphatic carbocycles. The lowest BCUT2D eigenvalue weighted by molar-refractivity contribution is -0.139. The van der Waals surface area contributed by atoms with Crippen LogP contribution in [0.5, 0.6) is 0 Å². The lowest BCUT2D eigenvalue weighted by Crippen LogP contribution is -2.37. The first-order valence-corrected chi connectivity index (χ1v) is 7.71. The maximum Gasteiger partial charge on any atom is 0.228 e. The van der Waals surface area contributed by atoms with Gasteiger partial charge in [-0.05, 0) is 12.5 Å². The first kappa shape index (κ1) is 16.7. The molecule has 1 aromatic heterocycles. The van der Waals surface area contributed by atoms with E-state index in [-0.39, 0.29) is 17.9 Å². The maximum atomic E-state index is 12.3. The molecule has 1 rings (SSSR count). The molecule has 110 valence electrons. The molecule has 0 bridgehead atoms. The highest BCUT2D eigenvalue weighted by molar-refractivity contribution is 7.10. The highest BCUT2D eigenvalue weighted by atomic mass is 32.1. The molecule has 0 atom stereocenters. The number of aliphatic hydroxyl groups excluding tert-OH is 1. The molecule has 0 aliphatic rings. The Labute approximate surface area is 125 Å². The van der Waals surface area contributed by atoms with Gasteiger partial charge in [-0.3, -0.25) is 4.79 Å². The zero-order chi connectivity index (χ0) is 15.2. The molecule has 1 amide bonds. The van der Waals surface area contributed by atoms with Crippen LogP contribution in [0.2, 0.25) is 0 Å². The molecule has 1 heterocycles. The molecule has 1 aromatic rings. The van der Waals surface area contributed by atoms with Crippen molar-refractivity contribution in [2.75, 3.05) is 13.7 Å². The van der Waals surface area contributed by atoms with Crippen LogP contribution in [-0.4, -0.2) is 29.6 Å². The standard InChI is InChI=1S/C16H23NO2S/c1-5-16(2,3)15(19)17(4)11-14-10-13(12-20-14)8-6-7-9-18/h10,12,18H,5,7,9,11H2,1-4H3. The molecule has 20 heavy (non-hydrogen) atoms. The lowest BCUT2D eigenvalue weighted by Gasteiger charge is -2.28. The van der Waals surface area contributed by atoms with Gasteiger partial charge in [-0.25, -0.2) is 0 Å². The third-order valence-electron chi connectivity index (χ3n) is 3.33. The minimum absolute atomic E-state index is 0.0906. The first-order valence-electron chi connectivity index (χ1n) is 6.83. The second kappa shape index (κ2) is 7.47. The van der Waals surface area contributed by atoms with E-state index in [1.165, 1.54) is 0 Å². The van der Waals surface area contributed by atoms with Gasteiger partial charge in [0.1, 0.15) is 0 Å². The Balaban J connectivity index is 2.66. The van der Waals surface area contributed by atoms with Crippen LogP contribution in [0.4, 0.5) is 0 Å². The maximum absolute atomic E-state index is 12.3. The van der Waals surface area contributed by atoms with E-state index in [1.807, 2.05) is 39.3 Å². The smallest absolute Gasteiger partial charge is 0.228 e. The van der Waals surface area contributed by atoms with Gasteiger partial charge < -0.3 is 10.0 Å². The quantitative estimate of drug-likeness (QED) is 0.848.